The minimum absolute atomic E-state index is 0.499. The quantitative estimate of drug-likeness (QED) is 0.911. The predicted octanol–water partition coefficient (Wildman–Crippen LogP) is 2.77. The van der Waals surface area contributed by atoms with Crippen molar-refractivity contribution in [3.05, 3.63) is 53.9 Å². The summed E-state index contributed by atoms with van der Waals surface area (Å²) in [5, 5.41) is 2.66. The van der Waals surface area contributed by atoms with E-state index in [1.165, 1.54) is 0 Å². The number of pyridine rings is 1. The molecule has 5 nitrogen and oxygen atoms in total. The largest absolute Gasteiger partial charge is 0.417 e. The summed E-state index contributed by atoms with van der Waals surface area (Å²) in [4.78, 5) is 16.1. The first-order chi connectivity index (χ1) is 9.81. The fourth-order valence-corrected chi connectivity index (χ4v) is 2.05. The van der Waals surface area contributed by atoms with Crippen molar-refractivity contribution in [2.75, 3.05) is 11.9 Å². The molecule has 0 saturated carbocycles. The van der Waals surface area contributed by atoms with Crippen LogP contribution in [0.3, 0.4) is 0 Å². The fraction of sp³-hybridized carbons (Fsp3) is 0.200. The van der Waals surface area contributed by atoms with Crippen LogP contribution in [0.25, 0.3) is 0 Å². The number of benzene rings is 1. The molecule has 1 N–H and O–H groups in total. The highest BCUT2D eigenvalue weighted by atomic mass is 16.6. The van der Waals surface area contributed by atoms with Gasteiger partial charge in [0.05, 0.1) is 25.1 Å². The van der Waals surface area contributed by atoms with Crippen molar-refractivity contribution >= 4 is 11.8 Å². The number of fused-ring (bicyclic) bond motifs is 1. The van der Waals surface area contributed by atoms with Gasteiger partial charge in [-0.25, -0.2) is 4.79 Å². The maximum atomic E-state index is 11.8. The van der Waals surface area contributed by atoms with E-state index in [0.717, 1.165) is 17.7 Å². The Labute approximate surface area is 116 Å². The molecule has 0 saturated heterocycles. The Morgan fingerprint density at radius 2 is 2.15 bits per heavy atom. The van der Waals surface area contributed by atoms with Crippen LogP contribution in [-0.2, 0) is 17.8 Å². The highest BCUT2D eigenvalue weighted by molar-refractivity contribution is 5.86. The highest BCUT2D eigenvalue weighted by Crippen LogP contribution is 2.19. The van der Waals surface area contributed by atoms with E-state index in [-0.39, 0.29) is 0 Å². The molecule has 0 atom stereocenters. The maximum absolute atomic E-state index is 11.8. The van der Waals surface area contributed by atoms with E-state index in [1.807, 2.05) is 12.1 Å². The van der Waals surface area contributed by atoms with Crippen LogP contribution in [-0.4, -0.2) is 17.7 Å². The normalized spacial score (nSPS) is 13.4. The number of carbonyl (C=O) groups is 1. The number of nitrogens with one attached hydrogen (secondary N) is 1. The Morgan fingerprint density at radius 3 is 3.00 bits per heavy atom. The first-order valence-corrected chi connectivity index (χ1v) is 6.41. The van der Waals surface area contributed by atoms with Crippen molar-refractivity contribution in [3.8, 4) is 5.75 Å². The van der Waals surface area contributed by atoms with E-state index in [2.05, 4.69) is 10.3 Å². The van der Waals surface area contributed by atoms with Crippen LogP contribution in [0.5, 0.6) is 5.75 Å². The molecule has 1 aromatic carbocycles. The molecule has 1 aromatic heterocycles. The van der Waals surface area contributed by atoms with Crippen LogP contribution in [0.15, 0.2) is 42.6 Å². The number of anilines is 1. The van der Waals surface area contributed by atoms with Gasteiger partial charge in [-0.15, -0.1) is 0 Å². The summed E-state index contributed by atoms with van der Waals surface area (Å²) in [6.07, 6.45) is 1.91. The van der Waals surface area contributed by atoms with Crippen molar-refractivity contribution in [2.24, 2.45) is 0 Å². The Bertz CT molecular complexity index is 614. The number of para-hydroxylation sites is 1. The smallest absolute Gasteiger partial charge is 0.410 e. The van der Waals surface area contributed by atoms with Crippen molar-refractivity contribution in [2.45, 2.75) is 13.0 Å². The van der Waals surface area contributed by atoms with Crippen LogP contribution >= 0.6 is 0 Å². The number of ether oxygens (including phenoxy) is 2. The molecule has 0 spiro atoms. The van der Waals surface area contributed by atoms with E-state index < -0.39 is 6.09 Å². The summed E-state index contributed by atoms with van der Waals surface area (Å²) in [6.45, 7) is 1.23. The third-order valence-electron chi connectivity index (χ3n) is 3.00. The van der Waals surface area contributed by atoms with E-state index in [0.29, 0.717) is 24.7 Å². The van der Waals surface area contributed by atoms with Gasteiger partial charge in [0.15, 0.2) is 0 Å². The third-order valence-corrected chi connectivity index (χ3v) is 3.00. The predicted molar refractivity (Wildman–Crippen MR) is 73.7 cm³/mol. The standard InChI is InChI=1S/C15H14N2O3/c18-15(20-13-4-2-1-3-5-13)17-12-8-11-10-19-7-6-14(11)16-9-12/h1-5,8-9H,6-7,10H2,(H,17,18). The van der Waals surface area contributed by atoms with Crippen LogP contribution < -0.4 is 10.1 Å². The average Bonchev–Trinajstić information content (AvgIpc) is 2.48. The van der Waals surface area contributed by atoms with Gasteiger partial charge in [-0.3, -0.25) is 10.3 Å². The molecule has 1 aliphatic heterocycles. The van der Waals surface area contributed by atoms with Gasteiger partial charge in [0.1, 0.15) is 5.75 Å². The van der Waals surface area contributed by atoms with Gasteiger partial charge in [0.2, 0.25) is 0 Å². The summed E-state index contributed by atoms with van der Waals surface area (Å²) >= 11 is 0. The van der Waals surface area contributed by atoms with Gasteiger partial charge in [-0.05, 0) is 18.2 Å². The fourth-order valence-electron chi connectivity index (χ4n) is 2.05. The highest BCUT2D eigenvalue weighted by Gasteiger charge is 2.12. The molecule has 20 heavy (non-hydrogen) atoms. The zero-order valence-corrected chi connectivity index (χ0v) is 10.8. The minimum Gasteiger partial charge on any atom is -0.410 e. The van der Waals surface area contributed by atoms with Crippen LogP contribution in [0.2, 0.25) is 0 Å². The second-order valence-electron chi connectivity index (χ2n) is 4.46. The lowest BCUT2D eigenvalue weighted by molar-refractivity contribution is 0.109. The average molecular weight is 270 g/mol. The molecule has 2 heterocycles. The van der Waals surface area contributed by atoms with Gasteiger partial charge in [-0.1, -0.05) is 18.2 Å². The number of hydrogen-bond acceptors (Lipinski definition) is 4. The van der Waals surface area contributed by atoms with Crippen LogP contribution in [0.1, 0.15) is 11.3 Å². The third kappa shape index (κ3) is 2.95. The molecule has 102 valence electrons. The SMILES string of the molecule is O=C(Nc1cnc2c(c1)COCC2)Oc1ccccc1. The molecule has 0 unspecified atom stereocenters. The van der Waals surface area contributed by atoms with Crippen LogP contribution in [0, 0.1) is 0 Å². The molecular formula is C15H14N2O3. The molecule has 0 aliphatic carbocycles. The second kappa shape index (κ2) is 5.71. The van der Waals surface area contributed by atoms with E-state index in [9.17, 15) is 4.79 Å². The Kier molecular flexibility index (Phi) is 3.60. The molecule has 0 bridgehead atoms. The maximum Gasteiger partial charge on any atom is 0.417 e. The summed E-state index contributed by atoms with van der Waals surface area (Å²) in [7, 11) is 0. The summed E-state index contributed by atoms with van der Waals surface area (Å²) in [6, 6.07) is 10.8. The van der Waals surface area contributed by atoms with Gasteiger partial charge in [0, 0.05) is 17.7 Å². The zero-order valence-electron chi connectivity index (χ0n) is 10.8. The molecule has 1 aliphatic rings. The van der Waals surface area contributed by atoms with E-state index >= 15 is 0 Å². The number of nitrogens with zero attached hydrogens (tertiary/aromatic N) is 1. The van der Waals surface area contributed by atoms with Crippen molar-refractivity contribution in [1.29, 1.82) is 0 Å². The minimum atomic E-state index is -0.533. The van der Waals surface area contributed by atoms with Crippen molar-refractivity contribution in [3.63, 3.8) is 0 Å². The zero-order chi connectivity index (χ0) is 13.8. The number of rotatable bonds is 2. The number of aromatic nitrogens is 1. The topological polar surface area (TPSA) is 60.5 Å². The first-order valence-electron chi connectivity index (χ1n) is 6.41. The molecule has 2 aromatic rings. The Morgan fingerprint density at radius 1 is 1.30 bits per heavy atom. The van der Waals surface area contributed by atoms with Gasteiger partial charge in [-0.2, -0.15) is 0 Å². The monoisotopic (exact) mass is 270 g/mol. The molecule has 0 radical (unpaired) electrons. The molecule has 5 heteroatoms. The molecular weight excluding hydrogens is 256 g/mol. The summed E-state index contributed by atoms with van der Waals surface area (Å²) in [5.74, 6) is 0.499. The molecule has 0 fully saturated rings. The summed E-state index contributed by atoms with van der Waals surface area (Å²) in [5.41, 5.74) is 2.64. The number of amides is 1. The van der Waals surface area contributed by atoms with Gasteiger partial charge < -0.3 is 9.47 Å². The first kappa shape index (κ1) is 12.6. The van der Waals surface area contributed by atoms with Gasteiger partial charge >= 0.3 is 6.09 Å². The van der Waals surface area contributed by atoms with Crippen molar-refractivity contribution < 1.29 is 14.3 Å². The number of carbonyl (C=O) groups excluding carboxylic acids is 1. The van der Waals surface area contributed by atoms with Crippen molar-refractivity contribution in [1.82, 2.24) is 4.98 Å². The summed E-state index contributed by atoms with van der Waals surface area (Å²) < 4.78 is 10.5. The molecule has 3 rings (SSSR count). The lowest BCUT2D eigenvalue weighted by Crippen LogP contribution is -2.18. The van der Waals surface area contributed by atoms with Gasteiger partial charge in [0.25, 0.3) is 0 Å². The van der Waals surface area contributed by atoms with Crippen LogP contribution in [0.4, 0.5) is 10.5 Å². The van der Waals surface area contributed by atoms with E-state index in [1.54, 1.807) is 30.5 Å². The molecule has 1 amide bonds. The Hall–Kier alpha value is -2.40. The second-order valence-corrected chi connectivity index (χ2v) is 4.46. The number of hydrogen-bond donors (Lipinski definition) is 1. The lowest BCUT2D eigenvalue weighted by Gasteiger charge is -2.16. The lowest BCUT2D eigenvalue weighted by atomic mass is 10.1. The van der Waals surface area contributed by atoms with E-state index in [4.69, 9.17) is 9.47 Å². The Balaban J connectivity index is 1.67.